The Labute approximate surface area is 123 Å². The summed E-state index contributed by atoms with van der Waals surface area (Å²) in [6.07, 6.45) is 3.54. The van der Waals surface area contributed by atoms with Crippen molar-refractivity contribution in [2.45, 2.75) is 6.92 Å². The fourth-order valence-electron chi connectivity index (χ4n) is 2.06. The molecule has 1 aromatic carbocycles. The fourth-order valence-corrected chi connectivity index (χ4v) is 2.06. The second-order valence-electron chi connectivity index (χ2n) is 4.66. The summed E-state index contributed by atoms with van der Waals surface area (Å²) in [5, 5.41) is 6.65. The summed E-state index contributed by atoms with van der Waals surface area (Å²) in [7, 11) is 0. The molecule has 2 aromatic heterocycles. The van der Waals surface area contributed by atoms with Crippen molar-refractivity contribution in [1.29, 1.82) is 0 Å². The van der Waals surface area contributed by atoms with Crippen LogP contribution in [0.3, 0.4) is 0 Å². The highest BCUT2D eigenvalue weighted by atomic mass is 15.0. The van der Waals surface area contributed by atoms with Crippen LogP contribution in [0.25, 0.3) is 0 Å². The van der Waals surface area contributed by atoms with Crippen molar-refractivity contribution in [2.75, 3.05) is 10.6 Å². The molecule has 0 saturated carbocycles. The van der Waals surface area contributed by atoms with Crippen molar-refractivity contribution < 1.29 is 0 Å². The predicted octanol–water partition coefficient (Wildman–Crippen LogP) is 4.27. The zero-order valence-corrected chi connectivity index (χ0v) is 11.7. The number of hydrogen-bond acceptors (Lipinski definition) is 4. The third-order valence-electron chi connectivity index (χ3n) is 3.19. The van der Waals surface area contributed by atoms with E-state index < -0.39 is 0 Å². The van der Waals surface area contributed by atoms with Gasteiger partial charge in [0.15, 0.2) is 0 Å². The summed E-state index contributed by atoms with van der Waals surface area (Å²) >= 11 is 0. The molecule has 3 aromatic rings. The van der Waals surface area contributed by atoms with Gasteiger partial charge in [-0.3, -0.25) is 0 Å². The molecule has 0 amide bonds. The van der Waals surface area contributed by atoms with Crippen LogP contribution in [0.1, 0.15) is 5.56 Å². The number of nitrogens with zero attached hydrogens (tertiary/aromatic N) is 2. The molecule has 2 N–H and O–H groups in total. The molecule has 104 valence electrons. The first-order valence-electron chi connectivity index (χ1n) is 6.78. The van der Waals surface area contributed by atoms with Crippen LogP contribution in [-0.2, 0) is 0 Å². The molecule has 0 unspecified atom stereocenters. The lowest BCUT2D eigenvalue weighted by molar-refractivity contribution is 1.28. The number of aromatic nitrogens is 2. The van der Waals surface area contributed by atoms with Crippen LogP contribution >= 0.6 is 0 Å². The molecule has 2 heterocycles. The molecule has 3 rings (SSSR count). The van der Waals surface area contributed by atoms with Crippen LogP contribution in [-0.4, -0.2) is 9.97 Å². The van der Waals surface area contributed by atoms with Crippen LogP contribution in [0.4, 0.5) is 23.0 Å². The minimum absolute atomic E-state index is 0.829. The van der Waals surface area contributed by atoms with Gasteiger partial charge in [0.05, 0.1) is 0 Å². The first-order valence-corrected chi connectivity index (χ1v) is 6.78. The standard InChI is InChI=1S/C17H16N4/c1-13-14(20-16-9-2-4-11-18-16)7-6-8-15(13)21-17-10-3-5-12-19-17/h2-12H,1H3,(H,18,20)(H,19,21). The van der Waals surface area contributed by atoms with Gasteiger partial charge in [-0.25, -0.2) is 9.97 Å². The van der Waals surface area contributed by atoms with Gasteiger partial charge in [0.25, 0.3) is 0 Å². The van der Waals surface area contributed by atoms with E-state index in [1.54, 1.807) is 12.4 Å². The van der Waals surface area contributed by atoms with Gasteiger partial charge < -0.3 is 10.6 Å². The lowest BCUT2D eigenvalue weighted by Gasteiger charge is -2.14. The Morgan fingerprint density at radius 1 is 0.667 bits per heavy atom. The average Bonchev–Trinajstić information content (AvgIpc) is 2.53. The average molecular weight is 276 g/mol. The molecule has 0 fully saturated rings. The van der Waals surface area contributed by atoms with E-state index in [9.17, 15) is 0 Å². The van der Waals surface area contributed by atoms with Gasteiger partial charge in [-0.05, 0) is 48.9 Å². The van der Waals surface area contributed by atoms with Crippen LogP contribution in [0.2, 0.25) is 0 Å². The van der Waals surface area contributed by atoms with Crippen LogP contribution in [0.15, 0.2) is 67.0 Å². The highest BCUT2D eigenvalue weighted by Gasteiger charge is 2.05. The summed E-state index contributed by atoms with van der Waals surface area (Å²) in [6.45, 7) is 2.07. The Morgan fingerprint density at radius 3 is 1.62 bits per heavy atom. The largest absolute Gasteiger partial charge is 0.340 e. The van der Waals surface area contributed by atoms with E-state index in [-0.39, 0.29) is 0 Å². The van der Waals surface area contributed by atoms with Gasteiger partial charge in [-0.2, -0.15) is 0 Å². The molecule has 0 bridgehead atoms. The van der Waals surface area contributed by atoms with E-state index in [4.69, 9.17) is 0 Å². The van der Waals surface area contributed by atoms with Crippen molar-refractivity contribution in [3.05, 3.63) is 72.6 Å². The lowest BCUT2D eigenvalue weighted by Crippen LogP contribution is -1.99. The quantitative estimate of drug-likeness (QED) is 0.747. The second-order valence-corrected chi connectivity index (χ2v) is 4.66. The van der Waals surface area contributed by atoms with E-state index in [0.29, 0.717) is 0 Å². The highest BCUT2D eigenvalue weighted by molar-refractivity contribution is 5.71. The molecule has 0 radical (unpaired) electrons. The van der Waals surface area contributed by atoms with Gasteiger partial charge in [0.1, 0.15) is 11.6 Å². The monoisotopic (exact) mass is 276 g/mol. The van der Waals surface area contributed by atoms with Gasteiger partial charge in [-0.1, -0.05) is 18.2 Å². The van der Waals surface area contributed by atoms with E-state index in [0.717, 1.165) is 28.6 Å². The summed E-state index contributed by atoms with van der Waals surface area (Å²) in [5.41, 5.74) is 3.16. The summed E-state index contributed by atoms with van der Waals surface area (Å²) in [6, 6.07) is 17.7. The third kappa shape index (κ3) is 3.17. The molecule has 4 nitrogen and oxygen atoms in total. The normalized spacial score (nSPS) is 10.1. The summed E-state index contributed by atoms with van der Waals surface area (Å²) < 4.78 is 0. The zero-order chi connectivity index (χ0) is 14.5. The predicted molar refractivity (Wildman–Crippen MR) is 86.2 cm³/mol. The van der Waals surface area contributed by atoms with Crippen LogP contribution in [0, 0.1) is 6.92 Å². The summed E-state index contributed by atoms with van der Waals surface area (Å²) in [5.74, 6) is 1.66. The second kappa shape index (κ2) is 6.05. The van der Waals surface area contributed by atoms with E-state index in [1.165, 1.54) is 0 Å². The SMILES string of the molecule is Cc1c(Nc2ccccn2)cccc1Nc1ccccn1. The first kappa shape index (κ1) is 13.1. The number of nitrogens with one attached hydrogen (secondary N) is 2. The molecule has 0 aliphatic heterocycles. The maximum atomic E-state index is 4.28. The summed E-state index contributed by atoms with van der Waals surface area (Å²) in [4.78, 5) is 8.57. The topological polar surface area (TPSA) is 49.8 Å². The molecule has 0 atom stereocenters. The van der Waals surface area contributed by atoms with Crippen molar-refractivity contribution in [2.24, 2.45) is 0 Å². The highest BCUT2D eigenvalue weighted by Crippen LogP contribution is 2.27. The lowest BCUT2D eigenvalue weighted by atomic mass is 10.1. The van der Waals surface area contributed by atoms with Gasteiger partial charge in [0.2, 0.25) is 0 Å². The fraction of sp³-hybridized carbons (Fsp3) is 0.0588. The molecule has 0 aliphatic rings. The van der Waals surface area contributed by atoms with E-state index in [2.05, 4.69) is 27.5 Å². The van der Waals surface area contributed by atoms with Crippen LogP contribution in [0.5, 0.6) is 0 Å². The smallest absolute Gasteiger partial charge is 0.130 e. The minimum atomic E-state index is 0.829. The molecule has 21 heavy (non-hydrogen) atoms. The maximum absolute atomic E-state index is 4.28. The number of benzene rings is 1. The minimum Gasteiger partial charge on any atom is -0.340 e. The number of pyridine rings is 2. The molecule has 0 spiro atoms. The van der Waals surface area contributed by atoms with E-state index >= 15 is 0 Å². The first-order chi connectivity index (χ1) is 10.3. The number of rotatable bonds is 4. The molecule has 4 heteroatoms. The number of anilines is 4. The third-order valence-corrected chi connectivity index (χ3v) is 3.19. The molecular weight excluding hydrogens is 260 g/mol. The Kier molecular flexibility index (Phi) is 3.78. The van der Waals surface area contributed by atoms with Gasteiger partial charge in [-0.15, -0.1) is 0 Å². The Hall–Kier alpha value is -2.88. The van der Waals surface area contributed by atoms with Crippen molar-refractivity contribution in [1.82, 2.24) is 9.97 Å². The Bertz CT molecular complexity index is 652. The van der Waals surface area contributed by atoms with Crippen molar-refractivity contribution in [3.63, 3.8) is 0 Å². The van der Waals surface area contributed by atoms with E-state index in [1.807, 2.05) is 54.6 Å². The van der Waals surface area contributed by atoms with Crippen molar-refractivity contribution >= 4 is 23.0 Å². The van der Waals surface area contributed by atoms with Gasteiger partial charge in [0, 0.05) is 23.8 Å². The molecule has 0 saturated heterocycles. The molecule has 0 aliphatic carbocycles. The Morgan fingerprint density at radius 2 is 1.19 bits per heavy atom. The van der Waals surface area contributed by atoms with Crippen molar-refractivity contribution in [3.8, 4) is 0 Å². The molecular formula is C17H16N4. The van der Waals surface area contributed by atoms with Gasteiger partial charge >= 0.3 is 0 Å². The zero-order valence-electron chi connectivity index (χ0n) is 11.7. The van der Waals surface area contributed by atoms with Crippen LogP contribution < -0.4 is 10.6 Å². The Balaban J connectivity index is 1.85. The maximum Gasteiger partial charge on any atom is 0.130 e. The number of hydrogen-bond donors (Lipinski definition) is 2.